The molecule has 0 fully saturated rings. The number of fused-ring (bicyclic) bond motifs is 1. The summed E-state index contributed by atoms with van der Waals surface area (Å²) in [5, 5.41) is 13.5. The highest BCUT2D eigenvalue weighted by molar-refractivity contribution is 6.05. The average molecular weight is 435 g/mol. The van der Waals surface area contributed by atoms with Crippen LogP contribution in [0.1, 0.15) is 15.9 Å². The van der Waals surface area contributed by atoms with Crippen LogP contribution in [0.15, 0.2) is 91.0 Å². The van der Waals surface area contributed by atoms with Crippen molar-refractivity contribution in [2.45, 2.75) is 6.42 Å². The van der Waals surface area contributed by atoms with Gasteiger partial charge in [0.05, 0.1) is 12.3 Å². The van der Waals surface area contributed by atoms with Crippen molar-refractivity contribution >= 4 is 22.8 Å². The topological polar surface area (TPSA) is 92.8 Å². The number of nitrogens with zero attached hydrogens (tertiary/aromatic N) is 3. The summed E-state index contributed by atoms with van der Waals surface area (Å²) >= 11 is 0. The highest BCUT2D eigenvalue weighted by Crippen LogP contribution is 2.22. The Bertz CT molecular complexity index is 1380. The molecule has 0 saturated carbocycles. The normalized spacial score (nSPS) is 10.8. The van der Waals surface area contributed by atoms with Crippen molar-refractivity contribution < 1.29 is 9.53 Å². The predicted octanol–water partition coefficient (Wildman–Crippen LogP) is 4.89. The van der Waals surface area contributed by atoms with Crippen LogP contribution in [0, 0.1) is 0 Å². The highest BCUT2D eigenvalue weighted by Gasteiger charge is 2.10. The molecular weight excluding hydrogens is 414 g/mol. The van der Waals surface area contributed by atoms with E-state index in [0.717, 1.165) is 23.4 Å². The van der Waals surface area contributed by atoms with Gasteiger partial charge in [-0.05, 0) is 54.1 Å². The molecule has 2 N–H and O–H groups in total. The molecule has 7 heteroatoms. The van der Waals surface area contributed by atoms with Gasteiger partial charge in [-0.2, -0.15) is 10.3 Å². The maximum atomic E-state index is 12.8. The molecule has 3 aromatic carbocycles. The number of amides is 1. The molecule has 0 aliphatic heterocycles. The molecule has 5 rings (SSSR count). The first-order valence-corrected chi connectivity index (χ1v) is 10.6. The zero-order valence-electron chi connectivity index (χ0n) is 17.7. The number of H-pyrrole nitrogens is 1. The van der Waals surface area contributed by atoms with Crippen LogP contribution in [0.25, 0.3) is 22.4 Å². The van der Waals surface area contributed by atoms with Crippen LogP contribution in [0.2, 0.25) is 0 Å². The Hall–Kier alpha value is -4.52. The van der Waals surface area contributed by atoms with Gasteiger partial charge in [-0.15, -0.1) is 5.10 Å². The third kappa shape index (κ3) is 4.88. The molecule has 2 heterocycles. The minimum atomic E-state index is -0.197. The zero-order chi connectivity index (χ0) is 22.5. The van der Waals surface area contributed by atoms with Gasteiger partial charge in [-0.1, -0.05) is 42.5 Å². The van der Waals surface area contributed by atoms with E-state index in [9.17, 15) is 4.79 Å². The summed E-state index contributed by atoms with van der Waals surface area (Å²) in [5.41, 5.74) is 5.26. The largest absolute Gasteiger partial charge is 0.493 e. The zero-order valence-corrected chi connectivity index (χ0v) is 17.7. The van der Waals surface area contributed by atoms with Gasteiger partial charge in [0.25, 0.3) is 5.91 Å². The van der Waals surface area contributed by atoms with E-state index in [0.29, 0.717) is 29.0 Å². The van der Waals surface area contributed by atoms with E-state index in [1.165, 1.54) is 5.56 Å². The summed E-state index contributed by atoms with van der Waals surface area (Å²) in [7, 11) is 0. The fraction of sp³-hybridized carbons (Fsp3) is 0.0769. The fourth-order valence-corrected chi connectivity index (χ4v) is 3.49. The first kappa shape index (κ1) is 20.4. The second-order valence-corrected chi connectivity index (χ2v) is 7.51. The lowest BCUT2D eigenvalue weighted by atomic mass is 10.1. The Morgan fingerprint density at radius 1 is 0.879 bits per heavy atom. The van der Waals surface area contributed by atoms with E-state index in [2.05, 4.69) is 37.8 Å². The number of benzene rings is 3. The number of carbonyl (C=O) groups is 1. The Labute approximate surface area is 190 Å². The Balaban J connectivity index is 1.21. The number of carbonyl (C=O) groups excluding carboxylic acids is 1. The quantitative estimate of drug-likeness (QED) is 0.380. The van der Waals surface area contributed by atoms with Gasteiger partial charge >= 0.3 is 0 Å². The number of rotatable bonds is 7. The maximum absolute atomic E-state index is 12.8. The molecule has 2 aromatic heterocycles. The van der Waals surface area contributed by atoms with Crippen molar-refractivity contribution in [3.8, 4) is 17.0 Å². The first-order chi connectivity index (χ1) is 16.2. The molecule has 0 unspecified atom stereocenters. The lowest BCUT2D eigenvalue weighted by Crippen LogP contribution is -2.12. The molecule has 5 aromatic rings. The van der Waals surface area contributed by atoms with Crippen LogP contribution < -0.4 is 10.1 Å². The van der Waals surface area contributed by atoms with E-state index in [1.807, 2.05) is 72.8 Å². The molecule has 0 aliphatic rings. The molecule has 33 heavy (non-hydrogen) atoms. The lowest BCUT2D eigenvalue weighted by molar-refractivity contribution is 0.102. The average Bonchev–Trinajstić information content (AvgIpc) is 3.34. The molecule has 0 atom stereocenters. The van der Waals surface area contributed by atoms with Crippen molar-refractivity contribution in [2.75, 3.05) is 11.9 Å². The maximum Gasteiger partial charge on any atom is 0.255 e. The number of anilines is 1. The van der Waals surface area contributed by atoms with E-state index in [4.69, 9.17) is 4.74 Å². The lowest BCUT2D eigenvalue weighted by Gasteiger charge is -2.09. The Morgan fingerprint density at radius 3 is 2.58 bits per heavy atom. The fourth-order valence-electron chi connectivity index (χ4n) is 3.49. The molecule has 0 saturated heterocycles. The van der Waals surface area contributed by atoms with Gasteiger partial charge in [0.15, 0.2) is 0 Å². The minimum absolute atomic E-state index is 0.197. The van der Waals surface area contributed by atoms with Crippen LogP contribution in [-0.2, 0) is 6.42 Å². The van der Waals surface area contributed by atoms with Gasteiger partial charge in [0.1, 0.15) is 11.3 Å². The van der Waals surface area contributed by atoms with E-state index < -0.39 is 0 Å². The van der Waals surface area contributed by atoms with Crippen molar-refractivity contribution in [2.24, 2.45) is 0 Å². The third-order valence-electron chi connectivity index (χ3n) is 5.22. The Morgan fingerprint density at radius 2 is 1.73 bits per heavy atom. The number of pyridine rings is 1. The van der Waals surface area contributed by atoms with Gasteiger partial charge in [-0.25, -0.2) is 4.98 Å². The minimum Gasteiger partial charge on any atom is -0.493 e. The SMILES string of the molecule is O=C(Nc1ccc(OCCc2ccccc2)cc1)c1cccc(-c2ccc3n[nH]nc3n2)c1. The molecular formula is C26H21N5O2. The van der Waals surface area contributed by atoms with Gasteiger partial charge in [0.2, 0.25) is 5.65 Å². The second kappa shape index (κ2) is 9.32. The molecule has 0 radical (unpaired) electrons. The molecule has 0 spiro atoms. The number of aromatic amines is 1. The number of ether oxygens (including phenoxy) is 1. The summed E-state index contributed by atoms with van der Waals surface area (Å²) in [5.74, 6) is 0.567. The molecule has 0 bridgehead atoms. The number of nitrogens with one attached hydrogen (secondary N) is 2. The van der Waals surface area contributed by atoms with Crippen molar-refractivity contribution in [3.63, 3.8) is 0 Å². The van der Waals surface area contributed by atoms with Crippen molar-refractivity contribution in [3.05, 3.63) is 102 Å². The Kier molecular flexibility index (Phi) is 5.75. The standard InChI is InChI=1S/C26H21N5O2/c32-26(20-8-4-7-19(17-20)23-13-14-24-25(28-23)30-31-29-24)27-21-9-11-22(12-10-21)33-16-15-18-5-2-1-3-6-18/h1-14,17H,15-16H2,(H,27,32)(H,28,29,30,31). The number of aromatic nitrogens is 4. The second-order valence-electron chi connectivity index (χ2n) is 7.51. The number of hydrogen-bond donors (Lipinski definition) is 2. The summed E-state index contributed by atoms with van der Waals surface area (Å²) < 4.78 is 5.81. The summed E-state index contributed by atoms with van der Waals surface area (Å²) in [6.07, 6.45) is 0.841. The van der Waals surface area contributed by atoms with E-state index in [-0.39, 0.29) is 5.91 Å². The summed E-state index contributed by atoms with van der Waals surface area (Å²) in [6.45, 7) is 0.594. The van der Waals surface area contributed by atoms with Gasteiger partial charge in [0, 0.05) is 23.2 Å². The molecule has 7 nitrogen and oxygen atoms in total. The molecule has 0 aliphatic carbocycles. The van der Waals surface area contributed by atoms with Crippen molar-refractivity contribution in [1.29, 1.82) is 0 Å². The monoisotopic (exact) mass is 435 g/mol. The predicted molar refractivity (Wildman–Crippen MR) is 127 cm³/mol. The summed E-state index contributed by atoms with van der Waals surface area (Å²) in [4.78, 5) is 17.3. The van der Waals surface area contributed by atoms with Crippen LogP contribution in [0.5, 0.6) is 5.75 Å². The summed E-state index contributed by atoms with van der Waals surface area (Å²) in [6, 6.07) is 28.6. The van der Waals surface area contributed by atoms with E-state index in [1.54, 1.807) is 6.07 Å². The van der Waals surface area contributed by atoms with Gasteiger partial charge in [-0.3, -0.25) is 4.79 Å². The smallest absolute Gasteiger partial charge is 0.255 e. The highest BCUT2D eigenvalue weighted by atomic mass is 16.5. The van der Waals surface area contributed by atoms with Crippen LogP contribution in [0.3, 0.4) is 0 Å². The van der Waals surface area contributed by atoms with Crippen LogP contribution in [-0.4, -0.2) is 32.9 Å². The van der Waals surface area contributed by atoms with Crippen LogP contribution in [0.4, 0.5) is 5.69 Å². The van der Waals surface area contributed by atoms with Crippen molar-refractivity contribution in [1.82, 2.24) is 20.4 Å². The number of hydrogen-bond acceptors (Lipinski definition) is 5. The first-order valence-electron chi connectivity index (χ1n) is 10.6. The van der Waals surface area contributed by atoms with Gasteiger partial charge < -0.3 is 10.1 Å². The third-order valence-corrected chi connectivity index (χ3v) is 5.22. The van der Waals surface area contributed by atoms with E-state index >= 15 is 0 Å². The van der Waals surface area contributed by atoms with Crippen LogP contribution >= 0.6 is 0 Å². The molecule has 162 valence electrons. The molecule has 1 amide bonds.